The van der Waals surface area contributed by atoms with E-state index in [0.29, 0.717) is 6.54 Å². The highest BCUT2D eigenvalue weighted by Gasteiger charge is 2.29. The van der Waals surface area contributed by atoms with Gasteiger partial charge in [0.1, 0.15) is 5.75 Å². The molecule has 4 heteroatoms. The van der Waals surface area contributed by atoms with Gasteiger partial charge < -0.3 is 15.0 Å². The van der Waals surface area contributed by atoms with E-state index in [9.17, 15) is 4.79 Å². The summed E-state index contributed by atoms with van der Waals surface area (Å²) in [5.74, 6) is 1.53. The SMILES string of the molecule is O=C(NCCc1c[nH]c2ccc3c(c12)CCCO3)C1CC1. The van der Waals surface area contributed by atoms with E-state index in [0.717, 1.165) is 44.5 Å². The van der Waals surface area contributed by atoms with Crippen molar-refractivity contribution in [1.29, 1.82) is 0 Å². The molecule has 1 aliphatic heterocycles. The molecule has 4 rings (SSSR count). The number of carbonyl (C=O) groups excluding carboxylic acids is 1. The monoisotopic (exact) mass is 284 g/mol. The second kappa shape index (κ2) is 5.10. The average Bonchev–Trinajstić information content (AvgIpc) is 3.29. The molecular weight excluding hydrogens is 264 g/mol. The van der Waals surface area contributed by atoms with Gasteiger partial charge in [-0.15, -0.1) is 0 Å². The van der Waals surface area contributed by atoms with Crippen LogP contribution in [0.5, 0.6) is 5.75 Å². The van der Waals surface area contributed by atoms with Gasteiger partial charge in [-0.3, -0.25) is 4.79 Å². The molecular formula is C17H20N2O2. The molecule has 0 unspecified atom stereocenters. The second-order valence-corrected chi connectivity index (χ2v) is 6.05. The lowest BCUT2D eigenvalue weighted by molar-refractivity contribution is -0.122. The molecule has 2 aliphatic rings. The van der Waals surface area contributed by atoms with Crippen molar-refractivity contribution in [3.8, 4) is 5.75 Å². The maximum atomic E-state index is 11.7. The topological polar surface area (TPSA) is 54.1 Å². The Morgan fingerprint density at radius 1 is 1.38 bits per heavy atom. The molecule has 1 aromatic carbocycles. The maximum absolute atomic E-state index is 11.7. The molecule has 1 aliphatic carbocycles. The second-order valence-electron chi connectivity index (χ2n) is 6.05. The molecule has 0 bridgehead atoms. The third-order valence-electron chi connectivity index (χ3n) is 4.46. The van der Waals surface area contributed by atoms with Crippen molar-refractivity contribution in [2.45, 2.75) is 32.1 Å². The van der Waals surface area contributed by atoms with E-state index in [2.05, 4.69) is 28.6 Å². The van der Waals surface area contributed by atoms with Crippen molar-refractivity contribution in [3.63, 3.8) is 0 Å². The molecule has 110 valence electrons. The quantitative estimate of drug-likeness (QED) is 0.906. The van der Waals surface area contributed by atoms with E-state index in [-0.39, 0.29) is 11.8 Å². The highest BCUT2D eigenvalue weighted by Crippen LogP contribution is 2.34. The van der Waals surface area contributed by atoms with Gasteiger partial charge in [0.05, 0.1) is 6.61 Å². The fourth-order valence-corrected chi connectivity index (χ4v) is 3.17. The zero-order chi connectivity index (χ0) is 14.2. The van der Waals surface area contributed by atoms with Crippen molar-refractivity contribution in [2.24, 2.45) is 5.92 Å². The van der Waals surface area contributed by atoms with Gasteiger partial charge in [0.25, 0.3) is 0 Å². The zero-order valence-corrected chi connectivity index (χ0v) is 12.1. The molecule has 1 amide bonds. The first kappa shape index (κ1) is 12.7. The lowest BCUT2D eigenvalue weighted by Crippen LogP contribution is -2.26. The van der Waals surface area contributed by atoms with Crippen LogP contribution in [0.25, 0.3) is 10.9 Å². The van der Waals surface area contributed by atoms with Crippen LogP contribution in [0.15, 0.2) is 18.3 Å². The Balaban J connectivity index is 1.55. The molecule has 0 spiro atoms. The number of aromatic amines is 1. The summed E-state index contributed by atoms with van der Waals surface area (Å²) in [6.45, 7) is 1.53. The number of hydrogen-bond donors (Lipinski definition) is 2. The highest BCUT2D eigenvalue weighted by molar-refractivity contribution is 5.89. The van der Waals surface area contributed by atoms with Gasteiger partial charge in [-0.25, -0.2) is 0 Å². The number of ether oxygens (including phenoxy) is 1. The van der Waals surface area contributed by atoms with Crippen LogP contribution >= 0.6 is 0 Å². The van der Waals surface area contributed by atoms with Crippen molar-refractivity contribution in [3.05, 3.63) is 29.5 Å². The first-order chi connectivity index (χ1) is 10.3. The van der Waals surface area contributed by atoms with Crippen LogP contribution in [0.4, 0.5) is 0 Å². The summed E-state index contributed by atoms with van der Waals surface area (Å²) in [5, 5.41) is 4.34. The minimum atomic E-state index is 0.222. The van der Waals surface area contributed by atoms with Gasteiger partial charge in [-0.1, -0.05) is 0 Å². The molecule has 2 aromatic rings. The third-order valence-corrected chi connectivity index (χ3v) is 4.46. The van der Waals surface area contributed by atoms with Crippen LogP contribution in [-0.2, 0) is 17.6 Å². The zero-order valence-electron chi connectivity index (χ0n) is 12.1. The number of fused-ring (bicyclic) bond motifs is 3. The number of H-pyrrole nitrogens is 1. The standard InChI is InChI=1S/C17H20N2O2/c20-17(11-3-4-11)18-8-7-12-10-19-14-5-6-15-13(16(12)14)2-1-9-21-15/h5-6,10-11,19H,1-4,7-9H2,(H,18,20). The Morgan fingerprint density at radius 2 is 2.29 bits per heavy atom. The average molecular weight is 284 g/mol. The van der Waals surface area contributed by atoms with Crippen LogP contribution < -0.4 is 10.1 Å². The number of amides is 1. The number of hydrogen-bond acceptors (Lipinski definition) is 2. The summed E-state index contributed by atoms with van der Waals surface area (Å²) in [5.41, 5.74) is 3.77. The molecule has 2 heterocycles. The summed E-state index contributed by atoms with van der Waals surface area (Å²) in [6, 6.07) is 4.15. The van der Waals surface area contributed by atoms with Crippen molar-refractivity contribution < 1.29 is 9.53 Å². The fraction of sp³-hybridized carbons (Fsp3) is 0.471. The largest absolute Gasteiger partial charge is 0.493 e. The van der Waals surface area contributed by atoms with E-state index >= 15 is 0 Å². The molecule has 1 saturated carbocycles. The van der Waals surface area contributed by atoms with Crippen molar-refractivity contribution in [2.75, 3.05) is 13.2 Å². The van der Waals surface area contributed by atoms with E-state index in [1.165, 1.54) is 22.0 Å². The first-order valence-electron chi connectivity index (χ1n) is 7.85. The Hall–Kier alpha value is -1.97. The number of nitrogens with one attached hydrogen (secondary N) is 2. The van der Waals surface area contributed by atoms with Crippen LogP contribution in [-0.4, -0.2) is 24.0 Å². The minimum absolute atomic E-state index is 0.222. The molecule has 2 N–H and O–H groups in total. The predicted molar refractivity (Wildman–Crippen MR) is 81.6 cm³/mol. The normalized spacial score (nSPS) is 17.3. The number of aryl methyl sites for hydroxylation is 1. The summed E-state index contributed by atoms with van der Waals surface area (Å²) in [7, 11) is 0. The molecule has 0 saturated heterocycles. The summed E-state index contributed by atoms with van der Waals surface area (Å²) in [6.07, 6.45) is 7.21. The number of benzene rings is 1. The molecule has 4 nitrogen and oxygen atoms in total. The van der Waals surface area contributed by atoms with Gasteiger partial charge in [0, 0.05) is 35.1 Å². The fourth-order valence-electron chi connectivity index (χ4n) is 3.17. The molecule has 0 atom stereocenters. The maximum Gasteiger partial charge on any atom is 0.223 e. The van der Waals surface area contributed by atoms with E-state index in [1.54, 1.807) is 0 Å². The first-order valence-corrected chi connectivity index (χ1v) is 7.85. The van der Waals surface area contributed by atoms with Crippen molar-refractivity contribution >= 4 is 16.8 Å². The molecule has 1 aromatic heterocycles. The Labute approximate surface area is 123 Å². The molecule has 0 radical (unpaired) electrons. The number of aromatic nitrogens is 1. The Morgan fingerprint density at radius 3 is 3.14 bits per heavy atom. The predicted octanol–water partition coefficient (Wildman–Crippen LogP) is 2.56. The molecule has 1 fully saturated rings. The highest BCUT2D eigenvalue weighted by atomic mass is 16.5. The van der Waals surface area contributed by atoms with Crippen LogP contribution in [0.3, 0.4) is 0 Å². The van der Waals surface area contributed by atoms with Crippen LogP contribution in [0.1, 0.15) is 30.4 Å². The lowest BCUT2D eigenvalue weighted by atomic mass is 9.98. The minimum Gasteiger partial charge on any atom is -0.493 e. The van der Waals surface area contributed by atoms with Gasteiger partial charge in [-0.2, -0.15) is 0 Å². The van der Waals surface area contributed by atoms with Gasteiger partial charge in [-0.05, 0) is 49.8 Å². The number of carbonyl (C=O) groups is 1. The Bertz CT molecular complexity index is 685. The van der Waals surface area contributed by atoms with E-state index in [4.69, 9.17) is 4.74 Å². The van der Waals surface area contributed by atoms with Crippen LogP contribution in [0, 0.1) is 5.92 Å². The van der Waals surface area contributed by atoms with Crippen molar-refractivity contribution in [1.82, 2.24) is 10.3 Å². The lowest BCUT2D eigenvalue weighted by Gasteiger charge is -2.18. The summed E-state index contributed by atoms with van der Waals surface area (Å²) in [4.78, 5) is 15.0. The third kappa shape index (κ3) is 2.39. The van der Waals surface area contributed by atoms with E-state index < -0.39 is 0 Å². The molecule has 21 heavy (non-hydrogen) atoms. The van der Waals surface area contributed by atoms with Gasteiger partial charge in [0.15, 0.2) is 0 Å². The van der Waals surface area contributed by atoms with Gasteiger partial charge in [0.2, 0.25) is 5.91 Å². The van der Waals surface area contributed by atoms with Crippen LogP contribution in [0.2, 0.25) is 0 Å². The summed E-state index contributed by atoms with van der Waals surface area (Å²) < 4.78 is 5.75. The Kier molecular flexibility index (Phi) is 3.09. The number of rotatable bonds is 4. The smallest absolute Gasteiger partial charge is 0.223 e. The van der Waals surface area contributed by atoms with E-state index in [1.807, 2.05) is 0 Å². The summed E-state index contributed by atoms with van der Waals surface area (Å²) >= 11 is 0. The van der Waals surface area contributed by atoms with Gasteiger partial charge >= 0.3 is 0 Å².